The van der Waals surface area contributed by atoms with E-state index in [1.165, 1.54) is 11.0 Å². The lowest BCUT2D eigenvalue weighted by Gasteiger charge is -2.20. The highest BCUT2D eigenvalue weighted by Gasteiger charge is 2.40. The van der Waals surface area contributed by atoms with Gasteiger partial charge in [-0.3, -0.25) is 9.69 Å². The molecule has 2 aromatic carbocycles. The average molecular weight is 522 g/mol. The summed E-state index contributed by atoms with van der Waals surface area (Å²) < 4.78 is 56.7. The van der Waals surface area contributed by atoms with Crippen LogP contribution in [-0.4, -0.2) is 50.8 Å². The number of amides is 1. The number of carbonyl (C=O) groups excluding carboxylic acids is 1. The van der Waals surface area contributed by atoms with Crippen molar-refractivity contribution in [3.63, 3.8) is 0 Å². The monoisotopic (exact) mass is 521 g/mol. The molecule has 0 spiro atoms. The van der Waals surface area contributed by atoms with Crippen molar-refractivity contribution < 1.29 is 27.8 Å². The lowest BCUT2D eigenvalue weighted by molar-refractivity contribution is -0.138. The van der Waals surface area contributed by atoms with E-state index in [4.69, 9.17) is 0 Å². The first kappa shape index (κ1) is 28.3. The van der Waals surface area contributed by atoms with Crippen LogP contribution in [0.4, 0.5) is 23.2 Å². The Labute approximate surface area is 213 Å². The summed E-state index contributed by atoms with van der Waals surface area (Å²) in [7, 11) is 1.86. The van der Waals surface area contributed by atoms with Crippen molar-refractivity contribution >= 4 is 11.6 Å². The van der Waals surface area contributed by atoms with Crippen molar-refractivity contribution in [1.82, 2.24) is 19.7 Å². The molecule has 1 aliphatic heterocycles. The number of alkyl halides is 4. The Morgan fingerprint density at radius 3 is 2.57 bits per heavy atom. The first-order chi connectivity index (χ1) is 17.1. The molecule has 2 N–H and O–H groups in total. The fourth-order valence-electron chi connectivity index (χ4n) is 4.63. The smallest absolute Gasteiger partial charge is 0.412 e. The largest absolute Gasteiger partial charge is 0.416 e. The van der Waals surface area contributed by atoms with Gasteiger partial charge < -0.3 is 14.9 Å². The Morgan fingerprint density at radius 1 is 1.19 bits per heavy atom. The molecule has 1 aliphatic rings. The summed E-state index contributed by atoms with van der Waals surface area (Å²) in [6, 6.07) is 9.93. The van der Waals surface area contributed by atoms with Crippen molar-refractivity contribution in [1.29, 1.82) is 0 Å². The van der Waals surface area contributed by atoms with E-state index in [1.807, 2.05) is 37.6 Å². The highest BCUT2D eigenvalue weighted by atomic mass is 19.4. The summed E-state index contributed by atoms with van der Waals surface area (Å²) in [4.78, 5) is 16.5. The number of nitrogens with zero attached hydrogens (tertiary/aromatic N) is 5. The normalized spacial score (nSPS) is 14.2. The number of rotatable bonds is 9. The predicted molar refractivity (Wildman–Crippen MR) is 132 cm³/mol. The highest BCUT2D eigenvalue weighted by Crippen LogP contribution is 2.40. The third-order valence-electron chi connectivity index (χ3n) is 6.71. The molecule has 3 aromatic rings. The molecule has 0 fully saturated rings. The van der Waals surface area contributed by atoms with E-state index in [-0.39, 0.29) is 42.2 Å². The third-order valence-corrected chi connectivity index (χ3v) is 6.71. The summed E-state index contributed by atoms with van der Waals surface area (Å²) in [6.45, 7) is 3.84. The summed E-state index contributed by atoms with van der Waals surface area (Å²) in [6.07, 6.45) is -2.36. The third kappa shape index (κ3) is 5.99. The van der Waals surface area contributed by atoms with Crippen molar-refractivity contribution in [3.8, 4) is 0 Å². The summed E-state index contributed by atoms with van der Waals surface area (Å²) in [5, 5.41) is 8.01. The minimum atomic E-state index is -4.61. The summed E-state index contributed by atoms with van der Waals surface area (Å²) in [5.41, 5.74) is 1.05. The molecule has 4 rings (SSSR count). The van der Waals surface area contributed by atoms with Gasteiger partial charge in [-0.2, -0.15) is 13.2 Å². The molecule has 0 aliphatic carbocycles. The number of halogens is 4. The molecule has 1 aromatic heterocycles. The van der Waals surface area contributed by atoms with E-state index in [1.54, 1.807) is 23.4 Å². The van der Waals surface area contributed by atoms with Gasteiger partial charge in [0, 0.05) is 37.8 Å². The molecule has 7 nitrogen and oxygen atoms in total. The van der Waals surface area contributed by atoms with Crippen LogP contribution in [0.15, 0.2) is 42.7 Å². The van der Waals surface area contributed by atoms with E-state index < -0.39 is 24.3 Å². The molecular weight excluding hydrogens is 490 g/mol. The number of hydrogen-bond acceptors (Lipinski definition) is 4. The van der Waals surface area contributed by atoms with E-state index >= 15 is 0 Å². The molecule has 37 heavy (non-hydrogen) atoms. The summed E-state index contributed by atoms with van der Waals surface area (Å²) in [5.74, 6) is 0.401. The minimum Gasteiger partial charge on any atom is -0.412 e. The van der Waals surface area contributed by atoms with Crippen LogP contribution in [0.25, 0.3) is 0 Å². The SMILES string of the molecule is C[C@H](Cc1nncn1C)c1cccc(N2Cc3c(cc(CN(C[12CH3])C[12CH2]F)cc3C(F)(F)F)C2=O)c1.O. The van der Waals surface area contributed by atoms with Crippen LogP contribution in [-0.2, 0) is 32.7 Å². The topological polar surface area (TPSA) is 85.8 Å². The van der Waals surface area contributed by atoms with Gasteiger partial charge in [0.15, 0.2) is 0 Å². The average Bonchev–Trinajstić information content (AvgIpc) is 3.40. The number of carbonyl (C=O) groups is 1. The van der Waals surface area contributed by atoms with Crippen molar-refractivity contribution in [2.45, 2.75) is 45.5 Å². The van der Waals surface area contributed by atoms with Gasteiger partial charge in [0.2, 0.25) is 0 Å². The van der Waals surface area contributed by atoms with Gasteiger partial charge in [0.05, 0.1) is 12.1 Å². The molecule has 2 heterocycles. The highest BCUT2D eigenvalue weighted by molar-refractivity contribution is 6.10. The zero-order chi connectivity index (χ0) is 26.0. The number of aromatic nitrogens is 3. The van der Waals surface area contributed by atoms with Gasteiger partial charge in [-0.25, -0.2) is 4.39 Å². The van der Waals surface area contributed by atoms with Crippen LogP contribution in [0.1, 0.15) is 58.2 Å². The zero-order valence-corrected chi connectivity index (χ0v) is 21.0. The van der Waals surface area contributed by atoms with Gasteiger partial charge in [-0.15, -0.1) is 10.2 Å². The Bertz CT molecular complexity index is 1240. The lowest BCUT2D eigenvalue weighted by Crippen LogP contribution is -2.25. The maximum atomic E-state index is 14.0. The number of aryl methyl sites for hydroxylation is 1. The molecule has 1 atom stereocenters. The number of fused-ring (bicyclic) bond motifs is 1. The fraction of sp³-hybridized carbons (Fsp3) is 0.423. The number of benzene rings is 2. The van der Waals surface area contributed by atoms with Gasteiger partial charge in [0.1, 0.15) is 18.8 Å². The van der Waals surface area contributed by atoms with Gasteiger partial charge in [0.25, 0.3) is 5.91 Å². The second-order valence-electron chi connectivity index (χ2n) is 9.17. The van der Waals surface area contributed by atoms with Crippen LogP contribution in [0.2, 0.25) is 0 Å². The lowest BCUT2D eigenvalue weighted by atomic mass is 9.97. The second kappa shape index (κ2) is 11.4. The molecular formula is C26H31F4N5O2. The van der Waals surface area contributed by atoms with Crippen LogP contribution in [0.3, 0.4) is 0 Å². The van der Waals surface area contributed by atoms with E-state index in [9.17, 15) is 22.4 Å². The maximum absolute atomic E-state index is 14.0. The van der Waals surface area contributed by atoms with Crippen molar-refractivity contribution in [3.05, 3.63) is 76.4 Å². The second-order valence-corrected chi connectivity index (χ2v) is 9.17. The Hall–Kier alpha value is -3.31. The first-order valence-electron chi connectivity index (χ1n) is 11.9. The zero-order valence-electron chi connectivity index (χ0n) is 21.0. The van der Waals surface area contributed by atoms with Crippen LogP contribution >= 0.6 is 0 Å². The quantitative estimate of drug-likeness (QED) is 0.393. The maximum Gasteiger partial charge on any atom is 0.416 e. The van der Waals surface area contributed by atoms with E-state index in [0.717, 1.165) is 17.5 Å². The molecule has 1 amide bonds. The molecule has 0 unspecified atom stereocenters. The molecule has 11 heteroatoms. The predicted octanol–water partition coefficient (Wildman–Crippen LogP) is 4.31. The van der Waals surface area contributed by atoms with Gasteiger partial charge in [-0.1, -0.05) is 26.0 Å². The first-order valence-corrected chi connectivity index (χ1v) is 11.9. The Morgan fingerprint density at radius 2 is 1.95 bits per heavy atom. The van der Waals surface area contributed by atoms with Crippen molar-refractivity contribution in [2.75, 3.05) is 24.7 Å². The number of anilines is 1. The molecule has 0 bridgehead atoms. The number of hydrogen-bond donors (Lipinski definition) is 0. The van der Waals surface area contributed by atoms with Crippen molar-refractivity contribution in [2.24, 2.45) is 7.05 Å². The molecule has 0 radical (unpaired) electrons. The molecule has 0 saturated carbocycles. The summed E-state index contributed by atoms with van der Waals surface area (Å²) >= 11 is 0. The standard InChI is InChI=1S/C26H29F4N5O.H2O/c1-4-34(9-8-27)14-18-11-21-22(23(12-18)26(28,29)30)15-35(25(21)36)20-7-5-6-19(13-20)17(2)10-24-32-31-16-33(24)3;/h5-7,11-13,16-17H,4,8-10,14-15H2,1-3H3;1H2/t17-;/m1./s1/i1+0,8+0;. The molecule has 0 saturated heterocycles. The van der Waals surface area contributed by atoms with E-state index in [0.29, 0.717) is 24.2 Å². The fourth-order valence-corrected chi connectivity index (χ4v) is 4.63. The van der Waals surface area contributed by atoms with Crippen LogP contribution in [0, 0.1) is 0 Å². The molecule has 200 valence electrons. The van der Waals surface area contributed by atoms with Gasteiger partial charge >= 0.3 is 6.18 Å². The van der Waals surface area contributed by atoms with Gasteiger partial charge in [-0.05, 0) is 53.4 Å². The minimum absolute atomic E-state index is 0. The Kier molecular flexibility index (Phi) is 8.70. The van der Waals surface area contributed by atoms with Crippen LogP contribution in [0.5, 0.6) is 0 Å². The Balaban J connectivity index is 0.00000380. The van der Waals surface area contributed by atoms with Crippen LogP contribution < -0.4 is 4.90 Å². The van der Waals surface area contributed by atoms with E-state index in [2.05, 4.69) is 10.2 Å².